The number of carboxylic acids is 1. The van der Waals surface area contributed by atoms with E-state index in [0.29, 0.717) is 28.3 Å². The summed E-state index contributed by atoms with van der Waals surface area (Å²) >= 11 is 6.23. The van der Waals surface area contributed by atoms with Gasteiger partial charge in [-0.1, -0.05) is 48.0 Å². The molecular formula is C20H16ClFN2O3. The molecule has 0 atom stereocenters. The largest absolute Gasteiger partial charge is 0.475 e. The molecule has 2 aromatic carbocycles. The van der Waals surface area contributed by atoms with Crippen molar-refractivity contribution >= 4 is 17.6 Å². The van der Waals surface area contributed by atoms with Gasteiger partial charge in [0.25, 0.3) is 0 Å². The molecule has 1 aromatic heterocycles. The van der Waals surface area contributed by atoms with Gasteiger partial charge in [-0.15, -0.1) is 0 Å². The number of carbonyl (C=O) groups is 1. The van der Waals surface area contributed by atoms with Crippen LogP contribution in [0.3, 0.4) is 0 Å². The molecule has 3 aromatic rings. The molecule has 1 N–H and O–H groups in total. The first kappa shape index (κ1) is 18.8. The number of hydrogen-bond donors (Lipinski definition) is 1. The van der Waals surface area contributed by atoms with Gasteiger partial charge in [-0.05, 0) is 24.6 Å². The number of carboxylic acid groups (broad SMARTS) is 1. The number of aromatic carboxylic acids is 1. The van der Waals surface area contributed by atoms with Gasteiger partial charge in [-0.2, -0.15) is 4.98 Å². The molecule has 0 aliphatic carbocycles. The lowest BCUT2D eigenvalue weighted by molar-refractivity contribution is 0.0681. The maximum Gasteiger partial charge on any atom is 0.374 e. The minimum Gasteiger partial charge on any atom is -0.475 e. The fourth-order valence-corrected chi connectivity index (χ4v) is 2.78. The van der Waals surface area contributed by atoms with Gasteiger partial charge in [0.05, 0.1) is 0 Å². The molecule has 0 amide bonds. The van der Waals surface area contributed by atoms with E-state index in [1.807, 2.05) is 18.2 Å². The van der Waals surface area contributed by atoms with Crippen LogP contribution in [0.4, 0.5) is 4.39 Å². The molecule has 0 spiro atoms. The van der Waals surface area contributed by atoms with E-state index in [4.69, 9.17) is 16.3 Å². The summed E-state index contributed by atoms with van der Waals surface area (Å²) in [4.78, 5) is 19.3. The third kappa shape index (κ3) is 4.41. The predicted octanol–water partition coefficient (Wildman–Crippen LogP) is 4.45. The van der Waals surface area contributed by atoms with Crippen molar-refractivity contribution in [1.29, 1.82) is 0 Å². The lowest BCUT2D eigenvalue weighted by Gasteiger charge is -2.14. The standard InChI is InChI=1S/C20H16ClFN2O3/c1-12-15(10-13-6-2-4-8-16(13)21)19(24-18(23-12)20(25)26)27-11-14-7-3-5-9-17(14)22/h2-9H,10-11H2,1H3,(H,25,26). The molecule has 27 heavy (non-hydrogen) atoms. The zero-order valence-electron chi connectivity index (χ0n) is 14.4. The highest BCUT2D eigenvalue weighted by Crippen LogP contribution is 2.27. The normalized spacial score (nSPS) is 10.6. The lowest BCUT2D eigenvalue weighted by Crippen LogP contribution is -2.12. The van der Waals surface area contributed by atoms with Crippen LogP contribution < -0.4 is 4.74 Å². The molecule has 0 fully saturated rings. The third-order valence-corrected chi connectivity index (χ3v) is 4.38. The average molecular weight is 387 g/mol. The monoisotopic (exact) mass is 386 g/mol. The van der Waals surface area contributed by atoms with Crippen LogP contribution in [0.1, 0.15) is 33.0 Å². The Hall–Kier alpha value is -2.99. The molecule has 138 valence electrons. The van der Waals surface area contributed by atoms with Crippen LogP contribution in [0.2, 0.25) is 5.02 Å². The minimum absolute atomic E-state index is 0.0856. The number of nitrogens with zero attached hydrogens (tertiary/aromatic N) is 2. The van der Waals surface area contributed by atoms with Gasteiger partial charge in [-0.25, -0.2) is 14.2 Å². The molecule has 0 saturated carbocycles. The summed E-state index contributed by atoms with van der Waals surface area (Å²) in [6, 6.07) is 13.5. The highest BCUT2D eigenvalue weighted by molar-refractivity contribution is 6.31. The van der Waals surface area contributed by atoms with Gasteiger partial charge >= 0.3 is 5.97 Å². The first-order valence-corrected chi connectivity index (χ1v) is 8.54. The Morgan fingerprint density at radius 1 is 1.11 bits per heavy atom. The number of aromatic nitrogens is 2. The second-order valence-electron chi connectivity index (χ2n) is 5.87. The fourth-order valence-electron chi connectivity index (χ4n) is 2.58. The van der Waals surface area contributed by atoms with Crippen molar-refractivity contribution in [3.63, 3.8) is 0 Å². The number of halogens is 2. The highest BCUT2D eigenvalue weighted by atomic mass is 35.5. The quantitative estimate of drug-likeness (QED) is 0.677. The molecule has 0 bridgehead atoms. The van der Waals surface area contributed by atoms with Crippen molar-refractivity contribution in [2.75, 3.05) is 0 Å². The Morgan fingerprint density at radius 2 is 1.78 bits per heavy atom. The molecule has 0 aliphatic heterocycles. The number of ether oxygens (including phenoxy) is 1. The Labute approximate surface area is 160 Å². The van der Waals surface area contributed by atoms with E-state index >= 15 is 0 Å². The van der Waals surface area contributed by atoms with Crippen molar-refractivity contribution in [3.05, 3.63) is 87.6 Å². The van der Waals surface area contributed by atoms with Gasteiger partial charge in [0.1, 0.15) is 12.4 Å². The first-order valence-electron chi connectivity index (χ1n) is 8.16. The SMILES string of the molecule is Cc1nc(C(=O)O)nc(OCc2ccccc2F)c1Cc1ccccc1Cl. The maximum absolute atomic E-state index is 13.9. The molecule has 7 heteroatoms. The van der Waals surface area contributed by atoms with E-state index in [-0.39, 0.29) is 18.3 Å². The van der Waals surface area contributed by atoms with Crippen LogP contribution in [0.5, 0.6) is 5.88 Å². The zero-order valence-corrected chi connectivity index (χ0v) is 15.2. The minimum atomic E-state index is -1.27. The summed E-state index contributed by atoms with van der Waals surface area (Å²) in [6.45, 7) is 1.59. The average Bonchev–Trinajstić information content (AvgIpc) is 2.64. The summed E-state index contributed by atoms with van der Waals surface area (Å²) < 4.78 is 19.5. The second-order valence-corrected chi connectivity index (χ2v) is 6.28. The molecule has 5 nitrogen and oxygen atoms in total. The number of hydrogen-bond acceptors (Lipinski definition) is 4. The first-order chi connectivity index (χ1) is 13.0. The van der Waals surface area contributed by atoms with Gasteiger partial charge in [0.2, 0.25) is 11.7 Å². The van der Waals surface area contributed by atoms with E-state index in [2.05, 4.69) is 9.97 Å². The molecule has 3 rings (SSSR count). The summed E-state index contributed by atoms with van der Waals surface area (Å²) in [5, 5.41) is 9.79. The summed E-state index contributed by atoms with van der Waals surface area (Å²) in [5.41, 5.74) is 2.23. The Kier molecular flexibility index (Phi) is 5.66. The van der Waals surface area contributed by atoms with E-state index in [0.717, 1.165) is 5.56 Å². The highest BCUT2D eigenvalue weighted by Gasteiger charge is 2.18. The van der Waals surface area contributed by atoms with E-state index in [1.165, 1.54) is 6.07 Å². The van der Waals surface area contributed by atoms with Crippen molar-refractivity contribution in [3.8, 4) is 5.88 Å². The molecule has 0 radical (unpaired) electrons. The number of benzene rings is 2. The van der Waals surface area contributed by atoms with Crippen LogP contribution in [0, 0.1) is 12.7 Å². The Balaban J connectivity index is 1.97. The van der Waals surface area contributed by atoms with Crippen LogP contribution in [-0.4, -0.2) is 21.0 Å². The van der Waals surface area contributed by atoms with E-state index < -0.39 is 11.8 Å². The Bertz CT molecular complexity index is 995. The maximum atomic E-state index is 13.9. The van der Waals surface area contributed by atoms with Crippen molar-refractivity contribution in [2.45, 2.75) is 20.0 Å². The van der Waals surface area contributed by atoms with Gasteiger partial charge in [0, 0.05) is 28.3 Å². The molecular weight excluding hydrogens is 371 g/mol. The van der Waals surface area contributed by atoms with Gasteiger partial charge < -0.3 is 9.84 Å². The summed E-state index contributed by atoms with van der Waals surface area (Å²) in [6.07, 6.45) is 0.359. The summed E-state index contributed by atoms with van der Waals surface area (Å²) in [7, 11) is 0. The number of rotatable bonds is 6. The zero-order chi connectivity index (χ0) is 19.4. The van der Waals surface area contributed by atoms with Gasteiger partial charge in [-0.3, -0.25) is 0 Å². The smallest absolute Gasteiger partial charge is 0.374 e. The van der Waals surface area contributed by atoms with Crippen LogP contribution in [-0.2, 0) is 13.0 Å². The fraction of sp³-hybridized carbons (Fsp3) is 0.150. The lowest BCUT2D eigenvalue weighted by atomic mass is 10.0. The molecule has 0 unspecified atom stereocenters. The Morgan fingerprint density at radius 3 is 2.44 bits per heavy atom. The van der Waals surface area contributed by atoms with Crippen LogP contribution >= 0.6 is 11.6 Å². The van der Waals surface area contributed by atoms with Gasteiger partial charge in [0.15, 0.2) is 0 Å². The third-order valence-electron chi connectivity index (χ3n) is 4.01. The molecule has 0 saturated heterocycles. The van der Waals surface area contributed by atoms with Crippen molar-refractivity contribution in [2.24, 2.45) is 0 Å². The topological polar surface area (TPSA) is 72.3 Å². The second kappa shape index (κ2) is 8.14. The van der Waals surface area contributed by atoms with Crippen molar-refractivity contribution in [1.82, 2.24) is 9.97 Å². The van der Waals surface area contributed by atoms with Crippen LogP contribution in [0.25, 0.3) is 0 Å². The van der Waals surface area contributed by atoms with Crippen molar-refractivity contribution < 1.29 is 19.0 Å². The van der Waals surface area contributed by atoms with E-state index in [1.54, 1.807) is 31.2 Å². The van der Waals surface area contributed by atoms with Crippen LogP contribution in [0.15, 0.2) is 48.5 Å². The predicted molar refractivity (Wildman–Crippen MR) is 98.7 cm³/mol. The molecule has 1 heterocycles. The number of aryl methyl sites for hydroxylation is 1. The van der Waals surface area contributed by atoms with E-state index in [9.17, 15) is 14.3 Å². The molecule has 0 aliphatic rings. The summed E-state index contributed by atoms with van der Waals surface area (Å²) in [5.74, 6) is -1.95.